The van der Waals surface area contributed by atoms with Crippen LogP contribution in [0.4, 0.5) is 10.2 Å². The fraction of sp³-hybridized carbons (Fsp3) is 0.304. The number of halogens is 1. The van der Waals surface area contributed by atoms with Gasteiger partial charge in [-0.05, 0) is 24.6 Å². The molecule has 1 saturated heterocycles. The van der Waals surface area contributed by atoms with E-state index >= 15 is 0 Å². The summed E-state index contributed by atoms with van der Waals surface area (Å²) in [5.74, 6) is 0.132. The maximum atomic E-state index is 14.9. The highest BCUT2D eigenvalue weighted by molar-refractivity contribution is 5.96. The van der Waals surface area contributed by atoms with E-state index in [0.717, 1.165) is 6.42 Å². The molecule has 1 fully saturated rings. The number of benzene rings is 2. The van der Waals surface area contributed by atoms with Gasteiger partial charge >= 0.3 is 0 Å². The SMILES string of the molecule is COc1ccccc1C(=O)NCc1ccc(-c2nn(C3CCOC3)c(N)c2CN)cc1F. The van der Waals surface area contributed by atoms with Crippen molar-refractivity contribution in [3.05, 3.63) is 65.0 Å². The van der Waals surface area contributed by atoms with Gasteiger partial charge in [0.2, 0.25) is 0 Å². The number of para-hydroxylation sites is 1. The fourth-order valence-electron chi connectivity index (χ4n) is 3.85. The van der Waals surface area contributed by atoms with E-state index in [1.165, 1.54) is 13.2 Å². The van der Waals surface area contributed by atoms with Crippen LogP contribution in [-0.2, 0) is 17.8 Å². The van der Waals surface area contributed by atoms with Crippen LogP contribution in [0.5, 0.6) is 5.75 Å². The molecule has 1 aliphatic heterocycles. The minimum Gasteiger partial charge on any atom is -0.496 e. The molecular formula is C23H26FN5O3. The first-order valence-corrected chi connectivity index (χ1v) is 10.4. The van der Waals surface area contributed by atoms with Gasteiger partial charge in [-0.15, -0.1) is 0 Å². The molecule has 1 aliphatic rings. The Labute approximate surface area is 185 Å². The van der Waals surface area contributed by atoms with Crippen molar-refractivity contribution in [3.63, 3.8) is 0 Å². The summed E-state index contributed by atoms with van der Waals surface area (Å²) >= 11 is 0. The Morgan fingerprint density at radius 1 is 1.34 bits per heavy atom. The van der Waals surface area contributed by atoms with E-state index in [1.807, 2.05) is 0 Å². The number of hydrogen-bond donors (Lipinski definition) is 3. The molecule has 3 aromatic rings. The van der Waals surface area contributed by atoms with Crippen molar-refractivity contribution in [2.24, 2.45) is 5.73 Å². The summed E-state index contributed by atoms with van der Waals surface area (Å²) in [5, 5.41) is 7.35. The number of aromatic nitrogens is 2. The molecule has 0 spiro atoms. The van der Waals surface area contributed by atoms with E-state index in [0.29, 0.717) is 52.7 Å². The second-order valence-corrected chi connectivity index (χ2v) is 7.57. The smallest absolute Gasteiger partial charge is 0.255 e. The summed E-state index contributed by atoms with van der Waals surface area (Å²) in [6.07, 6.45) is 0.814. The summed E-state index contributed by atoms with van der Waals surface area (Å²) in [6.45, 7) is 1.41. The summed E-state index contributed by atoms with van der Waals surface area (Å²) < 4.78 is 27.2. The zero-order valence-electron chi connectivity index (χ0n) is 17.8. The van der Waals surface area contributed by atoms with Crippen LogP contribution in [0.1, 0.15) is 33.9 Å². The van der Waals surface area contributed by atoms with Gasteiger partial charge in [0, 0.05) is 36.4 Å². The van der Waals surface area contributed by atoms with Crippen molar-refractivity contribution in [1.82, 2.24) is 15.1 Å². The van der Waals surface area contributed by atoms with Crippen LogP contribution >= 0.6 is 0 Å². The molecule has 1 unspecified atom stereocenters. The van der Waals surface area contributed by atoms with Crippen molar-refractivity contribution >= 4 is 11.7 Å². The molecule has 8 nitrogen and oxygen atoms in total. The molecule has 9 heteroatoms. The van der Waals surface area contributed by atoms with Gasteiger partial charge in [-0.3, -0.25) is 4.79 Å². The Balaban J connectivity index is 1.54. The number of ether oxygens (including phenoxy) is 2. The predicted molar refractivity (Wildman–Crippen MR) is 119 cm³/mol. The number of amides is 1. The molecule has 2 aromatic carbocycles. The molecule has 5 N–H and O–H groups in total. The predicted octanol–water partition coefficient (Wildman–Crippen LogP) is 2.63. The van der Waals surface area contributed by atoms with Crippen LogP contribution in [0.15, 0.2) is 42.5 Å². The number of rotatable bonds is 7. The standard InChI is InChI=1S/C23H26FN5O3/c1-31-20-5-3-2-4-17(20)23(30)27-12-15-7-6-14(10-19(15)24)21-18(11-25)22(26)29(28-21)16-8-9-32-13-16/h2-7,10,16H,8-9,11-13,25-26H2,1H3,(H,27,30). The first-order chi connectivity index (χ1) is 15.5. The lowest BCUT2D eigenvalue weighted by Crippen LogP contribution is -2.23. The van der Waals surface area contributed by atoms with Crippen LogP contribution in [0.3, 0.4) is 0 Å². The van der Waals surface area contributed by atoms with Gasteiger partial charge in [-0.2, -0.15) is 5.10 Å². The van der Waals surface area contributed by atoms with Gasteiger partial charge in [0.25, 0.3) is 5.91 Å². The van der Waals surface area contributed by atoms with Gasteiger partial charge in [0.15, 0.2) is 0 Å². The molecule has 1 aromatic heterocycles. The molecule has 1 atom stereocenters. The number of nitrogens with zero attached hydrogens (tertiary/aromatic N) is 2. The lowest BCUT2D eigenvalue weighted by molar-refractivity contribution is 0.0947. The number of carbonyl (C=O) groups excluding carboxylic acids is 1. The Hall–Kier alpha value is -3.43. The van der Waals surface area contributed by atoms with Crippen LogP contribution in [0, 0.1) is 5.82 Å². The number of nitrogen functional groups attached to an aromatic ring is 1. The maximum Gasteiger partial charge on any atom is 0.255 e. The van der Waals surface area contributed by atoms with Crippen LogP contribution in [-0.4, -0.2) is 36.0 Å². The minimum absolute atomic E-state index is 0.0305. The largest absolute Gasteiger partial charge is 0.496 e. The highest BCUT2D eigenvalue weighted by Crippen LogP contribution is 2.32. The zero-order chi connectivity index (χ0) is 22.7. The number of nitrogens with one attached hydrogen (secondary N) is 1. The van der Waals surface area contributed by atoms with Gasteiger partial charge in [0.05, 0.1) is 31.0 Å². The second kappa shape index (κ2) is 9.37. The molecule has 0 bridgehead atoms. The van der Waals surface area contributed by atoms with Crippen LogP contribution < -0.4 is 21.5 Å². The van der Waals surface area contributed by atoms with Crippen molar-refractivity contribution in [1.29, 1.82) is 0 Å². The van der Waals surface area contributed by atoms with E-state index in [1.54, 1.807) is 41.1 Å². The third kappa shape index (κ3) is 4.17. The Kier molecular flexibility index (Phi) is 6.38. The number of anilines is 1. The Morgan fingerprint density at radius 3 is 2.84 bits per heavy atom. The van der Waals surface area contributed by atoms with E-state index in [-0.39, 0.29) is 25.0 Å². The van der Waals surface area contributed by atoms with E-state index in [9.17, 15) is 9.18 Å². The van der Waals surface area contributed by atoms with E-state index < -0.39 is 5.82 Å². The average Bonchev–Trinajstić information content (AvgIpc) is 3.45. The number of methoxy groups -OCH3 is 1. The first kappa shape index (κ1) is 21.8. The highest BCUT2D eigenvalue weighted by Gasteiger charge is 2.25. The van der Waals surface area contributed by atoms with Crippen molar-refractivity contribution in [2.75, 3.05) is 26.1 Å². The lowest BCUT2D eigenvalue weighted by atomic mass is 10.0. The molecule has 4 rings (SSSR count). The van der Waals surface area contributed by atoms with Crippen molar-refractivity contribution in [2.45, 2.75) is 25.6 Å². The third-order valence-electron chi connectivity index (χ3n) is 5.62. The lowest BCUT2D eigenvalue weighted by Gasteiger charge is -2.10. The Bertz CT molecular complexity index is 1120. The molecule has 32 heavy (non-hydrogen) atoms. The zero-order valence-corrected chi connectivity index (χ0v) is 17.8. The van der Waals surface area contributed by atoms with Gasteiger partial charge < -0.3 is 26.3 Å². The fourth-order valence-corrected chi connectivity index (χ4v) is 3.85. The highest BCUT2D eigenvalue weighted by atomic mass is 19.1. The van der Waals surface area contributed by atoms with Gasteiger partial charge in [-0.25, -0.2) is 9.07 Å². The van der Waals surface area contributed by atoms with Crippen molar-refractivity contribution < 1.29 is 18.7 Å². The molecule has 0 radical (unpaired) electrons. The third-order valence-corrected chi connectivity index (χ3v) is 5.62. The van der Waals surface area contributed by atoms with E-state index in [2.05, 4.69) is 10.4 Å². The number of hydrogen-bond acceptors (Lipinski definition) is 6. The van der Waals surface area contributed by atoms with Crippen LogP contribution in [0.25, 0.3) is 11.3 Å². The number of nitrogens with two attached hydrogens (primary N) is 2. The quantitative estimate of drug-likeness (QED) is 0.521. The molecular weight excluding hydrogens is 413 g/mol. The summed E-state index contributed by atoms with van der Waals surface area (Å²) in [4.78, 5) is 12.5. The summed E-state index contributed by atoms with van der Waals surface area (Å²) in [7, 11) is 1.49. The topological polar surface area (TPSA) is 117 Å². The molecule has 0 saturated carbocycles. The normalized spacial score (nSPS) is 15.7. The molecule has 2 heterocycles. The van der Waals surface area contributed by atoms with Gasteiger partial charge in [0.1, 0.15) is 17.4 Å². The first-order valence-electron chi connectivity index (χ1n) is 10.4. The number of carbonyl (C=O) groups is 1. The molecule has 1 amide bonds. The van der Waals surface area contributed by atoms with Crippen LogP contribution in [0.2, 0.25) is 0 Å². The monoisotopic (exact) mass is 439 g/mol. The summed E-state index contributed by atoms with van der Waals surface area (Å²) in [5.41, 5.74) is 14.7. The molecule has 0 aliphatic carbocycles. The average molecular weight is 439 g/mol. The Morgan fingerprint density at radius 2 is 2.16 bits per heavy atom. The van der Waals surface area contributed by atoms with E-state index in [4.69, 9.17) is 20.9 Å². The van der Waals surface area contributed by atoms with Gasteiger partial charge in [-0.1, -0.05) is 24.3 Å². The summed E-state index contributed by atoms with van der Waals surface area (Å²) in [6, 6.07) is 11.7. The molecule has 168 valence electrons. The minimum atomic E-state index is -0.455. The second-order valence-electron chi connectivity index (χ2n) is 7.57. The van der Waals surface area contributed by atoms with Crippen molar-refractivity contribution in [3.8, 4) is 17.0 Å². The maximum absolute atomic E-state index is 14.9.